The van der Waals surface area contributed by atoms with Crippen LogP contribution in [0.25, 0.3) is 0 Å². The quantitative estimate of drug-likeness (QED) is 0.806. The highest BCUT2D eigenvalue weighted by Gasteiger charge is 2.21. The fourth-order valence-electron chi connectivity index (χ4n) is 1.20. The minimum atomic E-state index is -0.496. The van der Waals surface area contributed by atoms with E-state index in [9.17, 15) is 4.79 Å². The van der Waals surface area contributed by atoms with Crippen LogP contribution < -0.4 is 5.73 Å². The number of nitrogens with zero attached hydrogens (tertiary/aromatic N) is 1. The lowest BCUT2D eigenvalue weighted by atomic mass is 10.2. The number of nitrogen functional groups attached to an aromatic ring is 1. The van der Waals surface area contributed by atoms with Gasteiger partial charge in [0.2, 0.25) is 0 Å². The number of carbonyl (C=O) groups is 1. The third-order valence-electron chi connectivity index (χ3n) is 1.87. The summed E-state index contributed by atoms with van der Waals surface area (Å²) in [7, 11) is 1.51. The van der Waals surface area contributed by atoms with Crippen molar-refractivity contribution < 1.29 is 14.3 Å². The molecular formula is C10H12N2O3S. The number of thiophene rings is 1. The maximum absolute atomic E-state index is 11.5. The lowest BCUT2D eigenvalue weighted by Crippen LogP contribution is -2.05. The molecule has 1 aromatic rings. The molecule has 0 bridgehead atoms. The first-order valence-corrected chi connectivity index (χ1v) is 5.44. The van der Waals surface area contributed by atoms with Gasteiger partial charge >= 0.3 is 5.97 Å². The molecule has 0 saturated carbocycles. The lowest BCUT2D eigenvalue weighted by molar-refractivity contribution is 0.0533. The molecule has 0 atom stereocenters. The topological polar surface area (TPSA) is 85.3 Å². The third kappa shape index (κ3) is 2.32. The van der Waals surface area contributed by atoms with Gasteiger partial charge in [0, 0.05) is 7.11 Å². The number of hydrogen-bond acceptors (Lipinski definition) is 6. The summed E-state index contributed by atoms with van der Waals surface area (Å²) >= 11 is 1.14. The first-order valence-electron chi connectivity index (χ1n) is 4.63. The minimum absolute atomic E-state index is 0.179. The summed E-state index contributed by atoms with van der Waals surface area (Å²) in [6.45, 7) is 2.25. The number of nitrogens with two attached hydrogens (primary N) is 1. The Morgan fingerprint density at radius 2 is 2.31 bits per heavy atom. The molecule has 86 valence electrons. The van der Waals surface area contributed by atoms with Gasteiger partial charge in [0.05, 0.1) is 29.3 Å². The summed E-state index contributed by atoms with van der Waals surface area (Å²) in [5.41, 5.74) is 6.19. The van der Waals surface area contributed by atoms with Crippen molar-refractivity contribution in [2.75, 3.05) is 19.5 Å². The standard InChI is InChI=1S/C10H12N2O3S/c1-3-15-10(13)9-8(12)6(4-11)7(16-9)5-14-2/h3,5,12H2,1-2H3. The van der Waals surface area contributed by atoms with E-state index in [0.29, 0.717) is 10.4 Å². The highest BCUT2D eigenvalue weighted by atomic mass is 32.1. The van der Waals surface area contributed by atoms with Gasteiger partial charge in [-0.25, -0.2) is 4.79 Å². The molecule has 0 aliphatic carbocycles. The molecule has 0 saturated heterocycles. The molecule has 0 spiro atoms. The lowest BCUT2D eigenvalue weighted by Gasteiger charge is -1.98. The Morgan fingerprint density at radius 3 is 2.81 bits per heavy atom. The smallest absolute Gasteiger partial charge is 0.350 e. The van der Waals surface area contributed by atoms with E-state index in [2.05, 4.69) is 0 Å². The Bertz CT molecular complexity index is 434. The van der Waals surface area contributed by atoms with E-state index >= 15 is 0 Å². The molecule has 0 amide bonds. The van der Waals surface area contributed by atoms with Crippen molar-refractivity contribution in [1.29, 1.82) is 5.26 Å². The van der Waals surface area contributed by atoms with Gasteiger partial charge in [-0.2, -0.15) is 5.26 Å². The second-order valence-electron chi connectivity index (χ2n) is 2.91. The van der Waals surface area contributed by atoms with E-state index in [1.54, 1.807) is 6.92 Å². The van der Waals surface area contributed by atoms with Crippen LogP contribution in [0.4, 0.5) is 5.69 Å². The number of hydrogen-bond donors (Lipinski definition) is 1. The van der Waals surface area contributed by atoms with Gasteiger partial charge in [-0.1, -0.05) is 0 Å². The zero-order valence-corrected chi connectivity index (χ0v) is 9.89. The second-order valence-corrected chi connectivity index (χ2v) is 4.01. The predicted molar refractivity (Wildman–Crippen MR) is 60.1 cm³/mol. The maximum Gasteiger partial charge on any atom is 0.350 e. The van der Waals surface area contributed by atoms with Crippen LogP contribution in [0.2, 0.25) is 0 Å². The molecule has 0 aliphatic rings. The van der Waals surface area contributed by atoms with Crippen LogP contribution in [-0.2, 0) is 16.1 Å². The number of rotatable bonds is 4. The van der Waals surface area contributed by atoms with Crippen molar-refractivity contribution in [2.24, 2.45) is 0 Å². The highest BCUT2D eigenvalue weighted by Crippen LogP contribution is 2.31. The van der Waals surface area contributed by atoms with Gasteiger partial charge < -0.3 is 15.2 Å². The van der Waals surface area contributed by atoms with Gasteiger partial charge in [0.1, 0.15) is 10.9 Å². The molecule has 16 heavy (non-hydrogen) atoms. The SMILES string of the molecule is CCOC(=O)c1sc(COC)c(C#N)c1N. The molecule has 0 aliphatic heterocycles. The zero-order valence-electron chi connectivity index (χ0n) is 9.07. The molecule has 1 heterocycles. The monoisotopic (exact) mass is 240 g/mol. The van der Waals surface area contributed by atoms with E-state index < -0.39 is 5.97 Å². The predicted octanol–water partition coefficient (Wildman–Crippen LogP) is 1.53. The van der Waals surface area contributed by atoms with Crippen LogP contribution in [0.3, 0.4) is 0 Å². The van der Waals surface area contributed by atoms with Crippen LogP contribution in [0.15, 0.2) is 0 Å². The number of nitriles is 1. The number of methoxy groups -OCH3 is 1. The normalized spacial score (nSPS) is 9.81. The molecule has 1 rings (SSSR count). The van der Waals surface area contributed by atoms with Crippen LogP contribution >= 0.6 is 11.3 Å². The minimum Gasteiger partial charge on any atom is -0.462 e. The van der Waals surface area contributed by atoms with Gasteiger partial charge in [-0.3, -0.25) is 0 Å². The number of carbonyl (C=O) groups excluding carboxylic acids is 1. The van der Waals surface area contributed by atoms with Crippen molar-refractivity contribution in [3.8, 4) is 6.07 Å². The van der Waals surface area contributed by atoms with E-state index in [1.807, 2.05) is 6.07 Å². The fourth-order valence-corrected chi connectivity index (χ4v) is 2.23. The van der Waals surface area contributed by atoms with Gasteiger partial charge in [0.25, 0.3) is 0 Å². The number of anilines is 1. The summed E-state index contributed by atoms with van der Waals surface area (Å²) in [5, 5.41) is 8.92. The van der Waals surface area contributed by atoms with Crippen LogP contribution in [-0.4, -0.2) is 19.7 Å². The molecule has 2 N–H and O–H groups in total. The average molecular weight is 240 g/mol. The summed E-state index contributed by atoms with van der Waals surface area (Å²) in [5.74, 6) is -0.496. The fraction of sp³-hybridized carbons (Fsp3) is 0.400. The largest absolute Gasteiger partial charge is 0.462 e. The van der Waals surface area contributed by atoms with Gasteiger partial charge in [-0.05, 0) is 6.92 Å². The Labute approximate surface area is 97.4 Å². The summed E-state index contributed by atoms with van der Waals surface area (Å²) < 4.78 is 9.77. The van der Waals surface area contributed by atoms with E-state index in [0.717, 1.165) is 11.3 Å². The van der Waals surface area contributed by atoms with Crippen molar-refractivity contribution >= 4 is 23.0 Å². The zero-order chi connectivity index (χ0) is 12.1. The average Bonchev–Trinajstić information content (AvgIpc) is 2.56. The Hall–Kier alpha value is -1.58. The summed E-state index contributed by atoms with van der Waals surface area (Å²) in [4.78, 5) is 12.4. The van der Waals surface area contributed by atoms with Crippen molar-refractivity contribution in [1.82, 2.24) is 0 Å². The van der Waals surface area contributed by atoms with Crippen molar-refractivity contribution in [3.63, 3.8) is 0 Å². The first kappa shape index (κ1) is 12.5. The summed E-state index contributed by atoms with van der Waals surface area (Å²) in [6, 6.07) is 1.96. The molecule has 0 aromatic carbocycles. The van der Waals surface area contributed by atoms with Crippen molar-refractivity contribution in [2.45, 2.75) is 13.5 Å². The molecule has 1 aromatic heterocycles. The second kappa shape index (κ2) is 5.49. The van der Waals surface area contributed by atoms with E-state index in [-0.39, 0.29) is 23.8 Å². The molecule has 0 fully saturated rings. The van der Waals surface area contributed by atoms with E-state index in [4.69, 9.17) is 20.5 Å². The Balaban J connectivity index is 3.13. The van der Waals surface area contributed by atoms with Gasteiger partial charge in [0.15, 0.2) is 0 Å². The Morgan fingerprint density at radius 1 is 1.62 bits per heavy atom. The Kier molecular flexibility index (Phi) is 4.28. The molecule has 5 nitrogen and oxygen atoms in total. The number of ether oxygens (including phenoxy) is 2. The summed E-state index contributed by atoms with van der Waals surface area (Å²) in [6.07, 6.45) is 0. The third-order valence-corrected chi connectivity index (χ3v) is 3.03. The molecule has 0 unspecified atom stereocenters. The molecule has 6 heteroatoms. The van der Waals surface area contributed by atoms with Crippen molar-refractivity contribution in [3.05, 3.63) is 15.3 Å². The van der Waals surface area contributed by atoms with Crippen LogP contribution in [0.5, 0.6) is 0 Å². The van der Waals surface area contributed by atoms with E-state index in [1.165, 1.54) is 7.11 Å². The molecular weight excluding hydrogens is 228 g/mol. The highest BCUT2D eigenvalue weighted by molar-refractivity contribution is 7.14. The maximum atomic E-state index is 11.5. The van der Waals surface area contributed by atoms with Gasteiger partial charge in [-0.15, -0.1) is 11.3 Å². The molecule has 0 radical (unpaired) electrons. The van der Waals surface area contributed by atoms with Crippen LogP contribution in [0, 0.1) is 11.3 Å². The first-order chi connectivity index (χ1) is 7.65. The van der Waals surface area contributed by atoms with Crippen LogP contribution in [0.1, 0.15) is 27.0 Å². The number of esters is 1.